The van der Waals surface area contributed by atoms with E-state index in [-0.39, 0.29) is 7.43 Å². The van der Waals surface area contributed by atoms with E-state index < -0.39 is 0 Å². The number of rotatable bonds is 3. The minimum atomic E-state index is 0. The predicted octanol–water partition coefficient (Wildman–Crippen LogP) is 3.71. The van der Waals surface area contributed by atoms with Gasteiger partial charge in [0.15, 0.2) is 0 Å². The van der Waals surface area contributed by atoms with Gasteiger partial charge in [-0.05, 0) is 11.8 Å². The van der Waals surface area contributed by atoms with Crippen LogP contribution in [0.4, 0.5) is 0 Å². The molecule has 0 radical (unpaired) electrons. The molecule has 0 spiro atoms. The van der Waals surface area contributed by atoms with Crippen molar-refractivity contribution in [2.45, 2.75) is 48.0 Å². The maximum Gasteiger partial charge on any atom is -0.0471 e. The third kappa shape index (κ3) is 11.5. The summed E-state index contributed by atoms with van der Waals surface area (Å²) in [6, 6.07) is 0. The zero-order chi connectivity index (χ0) is 6.57. The lowest BCUT2D eigenvalue weighted by Gasteiger charge is -2.05. The van der Waals surface area contributed by atoms with E-state index in [1.54, 1.807) is 0 Å². The highest BCUT2D eigenvalue weighted by Gasteiger charge is 1.95. The Morgan fingerprint density at radius 3 is 1.11 bits per heavy atom. The topological polar surface area (TPSA) is 0 Å². The first-order valence-corrected chi connectivity index (χ1v) is 3.63. The van der Waals surface area contributed by atoms with Crippen LogP contribution in [-0.2, 0) is 0 Å². The van der Waals surface area contributed by atoms with Crippen LogP contribution in [0, 0.1) is 11.8 Å². The van der Waals surface area contributed by atoms with Crippen molar-refractivity contribution < 1.29 is 0 Å². The number of hydrogen-bond donors (Lipinski definition) is 0. The fraction of sp³-hybridized carbons (Fsp3) is 1.00. The quantitative estimate of drug-likeness (QED) is 0.546. The van der Waals surface area contributed by atoms with E-state index in [0.717, 1.165) is 11.8 Å². The molecule has 0 atom stereocenters. The van der Waals surface area contributed by atoms with Gasteiger partial charge in [-0.3, -0.25) is 0 Å². The highest BCUT2D eigenvalue weighted by Crippen LogP contribution is 2.09. The minimum Gasteiger partial charge on any atom is -0.0776 e. The van der Waals surface area contributed by atoms with Crippen LogP contribution in [0.25, 0.3) is 0 Å². The van der Waals surface area contributed by atoms with Gasteiger partial charge in [0.1, 0.15) is 0 Å². The summed E-state index contributed by atoms with van der Waals surface area (Å²) in [6.45, 7) is 9.12. The summed E-state index contributed by atoms with van der Waals surface area (Å²) in [4.78, 5) is 0. The molecule has 0 amide bonds. The van der Waals surface area contributed by atoms with E-state index in [2.05, 4.69) is 27.7 Å². The lowest BCUT2D eigenvalue weighted by Crippen LogP contribution is -1.91. The Balaban J connectivity index is 0. The molecule has 0 rings (SSSR count). The molecule has 0 fully saturated rings. The molecule has 0 bridgehead atoms. The normalized spacial score (nSPS) is 10.0. The fourth-order valence-corrected chi connectivity index (χ4v) is 0.667. The first kappa shape index (κ1) is 11.8. The van der Waals surface area contributed by atoms with E-state index >= 15 is 0 Å². The highest BCUT2D eigenvalue weighted by molar-refractivity contribution is 4.48. The van der Waals surface area contributed by atoms with Crippen LogP contribution in [0.3, 0.4) is 0 Å². The molecule has 0 aromatic rings. The molecule has 0 saturated carbocycles. The second kappa shape index (κ2) is 6.12. The van der Waals surface area contributed by atoms with Crippen LogP contribution in [0.15, 0.2) is 0 Å². The molecule has 0 unspecified atom stereocenters. The Kier molecular flexibility index (Phi) is 8.00. The lowest BCUT2D eigenvalue weighted by molar-refractivity contribution is 0.476. The van der Waals surface area contributed by atoms with Gasteiger partial charge in [-0.2, -0.15) is 0 Å². The molecule has 0 saturated heterocycles. The Labute approximate surface area is 60.7 Å². The van der Waals surface area contributed by atoms with E-state index in [1.807, 2.05) is 0 Å². The van der Waals surface area contributed by atoms with E-state index in [0.29, 0.717) is 0 Å². The van der Waals surface area contributed by atoms with Crippen molar-refractivity contribution in [3.63, 3.8) is 0 Å². The van der Waals surface area contributed by atoms with E-state index in [1.165, 1.54) is 12.8 Å². The van der Waals surface area contributed by atoms with Crippen molar-refractivity contribution in [1.29, 1.82) is 0 Å². The average Bonchev–Trinajstić information content (AvgIpc) is 1.61. The summed E-state index contributed by atoms with van der Waals surface area (Å²) in [7, 11) is 0. The molecular weight excluding hydrogens is 108 g/mol. The van der Waals surface area contributed by atoms with Crippen molar-refractivity contribution in [2.24, 2.45) is 11.8 Å². The van der Waals surface area contributed by atoms with Crippen molar-refractivity contribution >= 4 is 0 Å². The van der Waals surface area contributed by atoms with Gasteiger partial charge in [0.25, 0.3) is 0 Å². The summed E-state index contributed by atoms with van der Waals surface area (Å²) >= 11 is 0. The lowest BCUT2D eigenvalue weighted by atomic mass is 10.0. The molecule has 9 heavy (non-hydrogen) atoms. The predicted molar refractivity (Wildman–Crippen MR) is 45.6 cm³/mol. The molecule has 0 N–H and O–H groups in total. The monoisotopic (exact) mass is 130 g/mol. The van der Waals surface area contributed by atoms with Crippen molar-refractivity contribution in [3.8, 4) is 0 Å². The Bertz CT molecular complexity index is 36.0. The van der Waals surface area contributed by atoms with Crippen LogP contribution in [-0.4, -0.2) is 0 Å². The van der Waals surface area contributed by atoms with Crippen LogP contribution in [0.2, 0.25) is 0 Å². The standard InChI is InChI=1S/C8H18.CH4/c1-7(2)5-6-8(3)4;/h7-8H,5-6H2,1-4H3;1H4. The zero-order valence-electron chi connectivity index (χ0n) is 6.57. The SMILES string of the molecule is C.CC(C)CCC(C)C. The Morgan fingerprint density at radius 1 is 0.778 bits per heavy atom. The molecule has 0 heterocycles. The average molecular weight is 130 g/mol. The Morgan fingerprint density at radius 2 is 1.00 bits per heavy atom. The van der Waals surface area contributed by atoms with Gasteiger partial charge in [-0.25, -0.2) is 0 Å². The molecule has 58 valence electrons. The molecular formula is C9H22. The van der Waals surface area contributed by atoms with Gasteiger partial charge < -0.3 is 0 Å². The van der Waals surface area contributed by atoms with Crippen LogP contribution < -0.4 is 0 Å². The first-order valence-electron chi connectivity index (χ1n) is 3.63. The largest absolute Gasteiger partial charge is 0.0776 e. The second-order valence-corrected chi connectivity index (χ2v) is 3.37. The van der Waals surface area contributed by atoms with Crippen LogP contribution in [0.5, 0.6) is 0 Å². The summed E-state index contributed by atoms with van der Waals surface area (Å²) in [6.07, 6.45) is 2.77. The molecule has 0 aromatic heterocycles. The summed E-state index contributed by atoms with van der Waals surface area (Å²) < 4.78 is 0. The van der Waals surface area contributed by atoms with Crippen molar-refractivity contribution in [2.75, 3.05) is 0 Å². The summed E-state index contributed by atoms with van der Waals surface area (Å²) in [5, 5.41) is 0. The molecule has 0 heteroatoms. The van der Waals surface area contributed by atoms with Gasteiger partial charge in [0.2, 0.25) is 0 Å². The van der Waals surface area contributed by atoms with Crippen molar-refractivity contribution in [1.82, 2.24) is 0 Å². The maximum absolute atomic E-state index is 2.28. The molecule has 0 nitrogen and oxygen atoms in total. The zero-order valence-corrected chi connectivity index (χ0v) is 6.57. The first-order chi connectivity index (χ1) is 3.63. The van der Waals surface area contributed by atoms with Crippen LogP contribution >= 0.6 is 0 Å². The van der Waals surface area contributed by atoms with Gasteiger partial charge in [0.05, 0.1) is 0 Å². The van der Waals surface area contributed by atoms with Crippen LogP contribution in [0.1, 0.15) is 48.0 Å². The summed E-state index contributed by atoms with van der Waals surface area (Å²) in [5.41, 5.74) is 0. The number of hydrogen-bond acceptors (Lipinski definition) is 0. The molecule has 0 aliphatic heterocycles. The van der Waals surface area contributed by atoms with Gasteiger partial charge in [0, 0.05) is 0 Å². The third-order valence-electron chi connectivity index (χ3n) is 1.32. The Hall–Kier alpha value is 0. The van der Waals surface area contributed by atoms with Gasteiger partial charge in [-0.15, -0.1) is 0 Å². The van der Waals surface area contributed by atoms with Crippen molar-refractivity contribution in [3.05, 3.63) is 0 Å². The highest BCUT2D eigenvalue weighted by atomic mass is 14.0. The van der Waals surface area contributed by atoms with Gasteiger partial charge >= 0.3 is 0 Å². The third-order valence-corrected chi connectivity index (χ3v) is 1.32. The smallest absolute Gasteiger partial charge is 0.0471 e. The maximum atomic E-state index is 2.28. The molecule has 0 aliphatic carbocycles. The fourth-order valence-electron chi connectivity index (χ4n) is 0.667. The van der Waals surface area contributed by atoms with E-state index in [4.69, 9.17) is 0 Å². The molecule has 0 aliphatic rings. The second-order valence-electron chi connectivity index (χ2n) is 3.37. The minimum absolute atomic E-state index is 0. The summed E-state index contributed by atoms with van der Waals surface area (Å²) in [5.74, 6) is 1.77. The van der Waals surface area contributed by atoms with E-state index in [9.17, 15) is 0 Å². The van der Waals surface area contributed by atoms with Gasteiger partial charge in [-0.1, -0.05) is 48.0 Å². The molecule has 0 aromatic carbocycles.